The minimum absolute atomic E-state index is 0.0206. The topological polar surface area (TPSA) is 89.0 Å². The van der Waals surface area contributed by atoms with E-state index in [1.54, 1.807) is 43.3 Å². The second-order valence-electron chi connectivity index (χ2n) is 7.52. The second-order valence-corrected chi connectivity index (χ2v) is 8.34. The molecule has 2 amide bonds. The van der Waals surface area contributed by atoms with Gasteiger partial charge in [0.2, 0.25) is 0 Å². The Balaban J connectivity index is 1.62. The molecule has 37 heavy (non-hydrogen) atoms. The van der Waals surface area contributed by atoms with Crippen molar-refractivity contribution < 1.29 is 32.2 Å². The van der Waals surface area contributed by atoms with Crippen LogP contribution in [0.4, 0.5) is 18.9 Å². The number of carbonyl (C=O) groups excluding carboxylic acids is 2. The lowest BCUT2D eigenvalue weighted by Crippen LogP contribution is -2.33. The first-order valence-corrected chi connectivity index (χ1v) is 11.3. The molecule has 194 valence electrons. The number of hydrogen-bond donors (Lipinski definition) is 2. The van der Waals surface area contributed by atoms with Gasteiger partial charge in [0.15, 0.2) is 11.5 Å². The molecule has 12 heteroatoms. The molecule has 3 aromatic rings. The standard InChI is InChI=1S/C25H20Cl2F3N3O4/c1-14(32-33-24(35)23(34)31-17-9-7-16(8-10-17)25(28,29)30)15-6-11-21(22(12-15)36-2)37-13-18-19(26)4-3-5-20(18)27/h3-12H,13H2,1-2H3,(H,31,34)(H,33,35)/b32-14+. The number of nitrogens with one attached hydrogen (secondary N) is 2. The first kappa shape index (κ1) is 27.8. The van der Waals surface area contributed by atoms with E-state index in [-0.39, 0.29) is 12.3 Å². The maximum Gasteiger partial charge on any atom is 0.416 e. The van der Waals surface area contributed by atoms with Gasteiger partial charge >= 0.3 is 18.0 Å². The molecule has 7 nitrogen and oxygen atoms in total. The molecule has 0 aliphatic heterocycles. The van der Waals surface area contributed by atoms with E-state index in [2.05, 4.69) is 15.8 Å². The molecular weight excluding hydrogens is 534 g/mol. The van der Waals surface area contributed by atoms with Crippen LogP contribution in [0.25, 0.3) is 0 Å². The Kier molecular flexibility index (Phi) is 9.01. The molecule has 0 bridgehead atoms. The summed E-state index contributed by atoms with van der Waals surface area (Å²) < 4.78 is 49.1. The van der Waals surface area contributed by atoms with Crippen LogP contribution in [0, 0.1) is 0 Å². The van der Waals surface area contributed by atoms with Crippen LogP contribution in [0.1, 0.15) is 23.6 Å². The molecule has 3 rings (SSSR count). The van der Waals surface area contributed by atoms with Crippen molar-refractivity contribution >= 4 is 46.4 Å². The van der Waals surface area contributed by atoms with Gasteiger partial charge in [-0.2, -0.15) is 18.3 Å². The van der Waals surface area contributed by atoms with Crippen LogP contribution in [0.5, 0.6) is 11.5 Å². The molecule has 0 unspecified atom stereocenters. The minimum atomic E-state index is -4.51. The van der Waals surface area contributed by atoms with E-state index in [0.29, 0.717) is 38.4 Å². The van der Waals surface area contributed by atoms with E-state index in [1.165, 1.54) is 7.11 Å². The highest BCUT2D eigenvalue weighted by molar-refractivity contribution is 6.39. The largest absolute Gasteiger partial charge is 0.493 e. The molecule has 0 fully saturated rings. The van der Waals surface area contributed by atoms with E-state index in [4.69, 9.17) is 32.7 Å². The number of hydrazone groups is 1. The number of amides is 2. The van der Waals surface area contributed by atoms with Gasteiger partial charge in [-0.25, -0.2) is 5.43 Å². The zero-order chi connectivity index (χ0) is 27.2. The van der Waals surface area contributed by atoms with Crippen molar-refractivity contribution in [2.45, 2.75) is 19.7 Å². The van der Waals surface area contributed by atoms with Crippen molar-refractivity contribution in [3.05, 3.63) is 87.4 Å². The number of ether oxygens (including phenoxy) is 2. The lowest BCUT2D eigenvalue weighted by molar-refractivity contribution is -0.137. The third-order valence-electron chi connectivity index (χ3n) is 5.02. The van der Waals surface area contributed by atoms with Gasteiger partial charge in [0.1, 0.15) is 6.61 Å². The maximum absolute atomic E-state index is 12.6. The van der Waals surface area contributed by atoms with Crippen molar-refractivity contribution in [1.82, 2.24) is 5.43 Å². The molecule has 0 radical (unpaired) electrons. The highest BCUT2D eigenvalue weighted by Gasteiger charge is 2.30. The summed E-state index contributed by atoms with van der Waals surface area (Å²) in [5.41, 5.74) is 2.76. The predicted molar refractivity (Wildman–Crippen MR) is 134 cm³/mol. The third-order valence-corrected chi connectivity index (χ3v) is 5.72. The smallest absolute Gasteiger partial charge is 0.416 e. The van der Waals surface area contributed by atoms with E-state index in [9.17, 15) is 22.8 Å². The van der Waals surface area contributed by atoms with Crippen molar-refractivity contribution in [3.63, 3.8) is 0 Å². The molecule has 0 atom stereocenters. The van der Waals surface area contributed by atoms with Gasteiger partial charge in [-0.3, -0.25) is 9.59 Å². The summed E-state index contributed by atoms with van der Waals surface area (Å²) in [6.45, 7) is 1.69. The van der Waals surface area contributed by atoms with Gasteiger partial charge in [-0.1, -0.05) is 29.3 Å². The number of hydrogen-bond acceptors (Lipinski definition) is 5. The zero-order valence-corrected chi connectivity index (χ0v) is 21.0. The third kappa shape index (κ3) is 7.37. The van der Waals surface area contributed by atoms with E-state index < -0.39 is 23.6 Å². The Morgan fingerprint density at radius 3 is 2.19 bits per heavy atom. The fourth-order valence-corrected chi connectivity index (χ4v) is 3.52. The highest BCUT2D eigenvalue weighted by atomic mass is 35.5. The summed E-state index contributed by atoms with van der Waals surface area (Å²) in [6.07, 6.45) is -4.51. The number of carbonyl (C=O) groups is 2. The molecule has 2 N–H and O–H groups in total. The highest BCUT2D eigenvalue weighted by Crippen LogP contribution is 2.32. The van der Waals surface area contributed by atoms with Crippen LogP contribution in [0.15, 0.2) is 65.8 Å². The average Bonchev–Trinajstić information content (AvgIpc) is 2.86. The number of methoxy groups -OCH3 is 1. The van der Waals surface area contributed by atoms with Crippen molar-refractivity contribution in [2.75, 3.05) is 12.4 Å². The zero-order valence-electron chi connectivity index (χ0n) is 19.5. The average molecular weight is 554 g/mol. The van der Waals surface area contributed by atoms with Crippen LogP contribution in [0.3, 0.4) is 0 Å². The number of benzene rings is 3. The Morgan fingerprint density at radius 1 is 0.946 bits per heavy atom. The van der Waals surface area contributed by atoms with Crippen molar-refractivity contribution in [1.29, 1.82) is 0 Å². The van der Waals surface area contributed by atoms with Gasteiger partial charge in [-0.05, 0) is 61.5 Å². The number of anilines is 1. The van der Waals surface area contributed by atoms with E-state index in [0.717, 1.165) is 24.3 Å². The van der Waals surface area contributed by atoms with Crippen LogP contribution >= 0.6 is 23.2 Å². The fourth-order valence-electron chi connectivity index (χ4n) is 3.01. The minimum Gasteiger partial charge on any atom is -0.493 e. The molecule has 0 aliphatic rings. The molecular formula is C25H20Cl2F3N3O4. The van der Waals surface area contributed by atoms with Crippen molar-refractivity contribution in [2.24, 2.45) is 5.10 Å². The number of nitrogens with zero attached hydrogens (tertiary/aromatic N) is 1. The Labute approximate surface area is 220 Å². The van der Waals surface area contributed by atoms with E-state index >= 15 is 0 Å². The molecule has 0 saturated heterocycles. The molecule has 0 aliphatic carbocycles. The Morgan fingerprint density at radius 2 is 1.59 bits per heavy atom. The lowest BCUT2D eigenvalue weighted by atomic mass is 10.1. The van der Waals surface area contributed by atoms with E-state index in [1.807, 2.05) is 0 Å². The van der Waals surface area contributed by atoms with Gasteiger partial charge in [0, 0.05) is 26.9 Å². The SMILES string of the molecule is COc1cc(/C(C)=N/NC(=O)C(=O)Nc2ccc(C(F)(F)F)cc2)ccc1OCc1c(Cl)cccc1Cl. The molecule has 0 heterocycles. The normalized spacial score (nSPS) is 11.6. The fraction of sp³-hybridized carbons (Fsp3) is 0.160. The van der Waals surface area contributed by atoms with Crippen LogP contribution in [0.2, 0.25) is 10.0 Å². The quantitative estimate of drug-likeness (QED) is 0.211. The summed E-state index contributed by atoms with van der Waals surface area (Å²) in [5.74, 6) is -1.42. The first-order valence-electron chi connectivity index (χ1n) is 10.6. The van der Waals surface area contributed by atoms with Gasteiger partial charge in [0.05, 0.1) is 18.4 Å². The summed E-state index contributed by atoms with van der Waals surface area (Å²) in [7, 11) is 1.45. The second kappa shape index (κ2) is 12.0. The van der Waals surface area contributed by atoms with Crippen LogP contribution in [-0.4, -0.2) is 24.6 Å². The lowest BCUT2D eigenvalue weighted by Gasteiger charge is -2.13. The summed E-state index contributed by atoms with van der Waals surface area (Å²) in [5, 5.41) is 7.03. The number of alkyl halides is 3. The monoisotopic (exact) mass is 553 g/mol. The predicted octanol–water partition coefficient (Wildman–Crippen LogP) is 6.08. The Bertz CT molecular complexity index is 1310. The molecule has 0 saturated carbocycles. The van der Waals surface area contributed by atoms with Crippen LogP contribution in [-0.2, 0) is 22.4 Å². The summed E-state index contributed by atoms with van der Waals surface area (Å²) in [6, 6.07) is 13.7. The molecule has 0 aromatic heterocycles. The number of halogens is 5. The van der Waals surface area contributed by atoms with Gasteiger partial charge < -0.3 is 14.8 Å². The summed E-state index contributed by atoms with van der Waals surface area (Å²) >= 11 is 12.3. The van der Waals surface area contributed by atoms with Gasteiger partial charge in [0.25, 0.3) is 0 Å². The van der Waals surface area contributed by atoms with Gasteiger partial charge in [-0.15, -0.1) is 0 Å². The van der Waals surface area contributed by atoms with Crippen molar-refractivity contribution in [3.8, 4) is 11.5 Å². The first-order chi connectivity index (χ1) is 17.5. The molecule has 3 aromatic carbocycles. The maximum atomic E-state index is 12.6. The molecule has 0 spiro atoms. The Hall–Kier alpha value is -3.76. The summed E-state index contributed by atoms with van der Waals surface area (Å²) in [4.78, 5) is 24.1. The number of rotatable bonds is 7. The van der Waals surface area contributed by atoms with Crippen LogP contribution < -0.4 is 20.2 Å².